The van der Waals surface area contributed by atoms with Crippen molar-refractivity contribution >= 4 is 23.9 Å². The molecule has 3 N–H and O–H groups in total. The molecule has 3 atom stereocenters. The zero-order valence-electron chi connectivity index (χ0n) is 18.4. The van der Waals surface area contributed by atoms with E-state index in [4.69, 9.17) is 4.74 Å². The van der Waals surface area contributed by atoms with Crippen molar-refractivity contribution in [1.29, 1.82) is 0 Å². The van der Waals surface area contributed by atoms with Crippen LogP contribution >= 0.6 is 0 Å². The second-order valence-corrected chi connectivity index (χ2v) is 8.98. The Hall–Kier alpha value is -3.88. The summed E-state index contributed by atoms with van der Waals surface area (Å²) in [6.45, 7) is 0.203. The van der Waals surface area contributed by atoms with Gasteiger partial charge < -0.3 is 15.2 Å². The smallest absolute Gasteiger partial charge is 0.407 e. The van der Waals surface area contributed by atoms with Gasteiger partial charge in [-0.05, 0) is 41.5 Å². The van der Waals surface area contributed by atoms with E-state index in [1.165, 1.54) is 0 Å². The fourth-order valence-electron chi connectivity index (χ4n) is 5.27. The molecule has 2 aromatic carbocycles. The third-order valence-electron chi connectivity index (χ3n) is 6.91. The van der Waals surface area contributed by atoms with Gasteiger partial charge in [-0.3, -0.25) is 15.0 Å². The highest BCUT2D eigenvalue weighted by molar-refractivity contribution is 5.94. The number of ether oxygens (including phenoxy) is 1. The quantitative estimate of drug-likeness (QED) is 0.625. The zero-order chi connectivity index (χ0) is 23.8. The fraction of sp³-hybridized carbons (Fsp3) is 0.360. The Bertz CT molecular complexity index is 1120. The molecule has 9 heteroatoms. The van der Waals surface area contributed by atoms with Crippen molar-refractivity contribution < 1.29 is 29.0 Å². The summed E-state index contributed by atoms with van der Waals surface area (Å²) < 4.78 is 5.58. The number of carboxylic acid groups (broad SMARTS) is 1. The van der Waals surface area contributed by atoms with Crippen LogP contribution in [-0.4, -0.2) is 52.7 Å². The number of amides is 3. The summed E-state index contributed by atoms with van der Waals surface area (Å²) in [6, 6.07) is 14.7. The number of alkyl carbamates (subject to hydrolysis) is 1. The number of rotatable bonds is 5. The molecule has 2 aliphatic carbocycles. The molecule has 0 bridgehead atoms. The first kappa shape index (κ1) is 21.9. The molecule has 0 spiro atoms. The maximum absolute atomic E-state index is 12.8. The number of carbonyl (C=O) groups is 4. The van der Waals surface area contributed by atoms with Crippen molar-refractivity contribution in [2.75, 3.05) is 6.61 Å². The Morgan fingerprint density at radius 2 is 1.68 bits per heavy atom. The molecule has 3 aliphatic rings. The van der Waals surface area contributed by atoms with Crippen LogP contribution in [0.5, 0.6) is 0 Å². The lowest BCUT2D eigenvalue weighted by molar-refractivity contribution is -0.152. The van der Waals surface area contributed by atoms with E-state index in [2.05, 4.69) is 35.0 Å². The average Bonchev–Trinajstić information content (AvgIpc) is 3.53. The highest BCUT2D eigenvalue weighted by atomic mass is 16.5. The second-order valence-electron chi connectivity index (χ2n) is 8.98. The third-order valence-corrected chi connectivity index (χ3v) is 6.91. The van der Waals surface area contributed by atoms with E-state index in [0.29, 0.717) is 19.3 Å². The second kappa shape index (κ2) is 8.81. The summed E-state index contributed by atoms with van der Waals surface area (Å²) in [7, 11) is 0. The van der Waals surface area contributed by atoms with Crippen LogP contribution in [0, 0.1) is 5.92 Å². The number of aliphatic carboxylic acids is 1. The minimum atomic E-state index is -1.22. The molecule has 3 amide bonds. The molecule has 9 nitrogen and oxygen atoms in total. The number of hydrogen-bond acceptors (Lipinski definition) is 5. The molecule has 1 aliphatic heterocycles. The SMILES string of the molecule is O=C1CC(C(=O)O)N(C(=O)C2CCC(NC(=O)OCC3c4ccccc4-c4ccccc43)C2)N1. The topological polar surface area (TPSA) is 125 Å². The number of nitrogens with one attached hydrogen (secondary N) is 2. The summed E-state index contributed by atoms with van der Waals surface area (Å²) >= 11 is 0. The summed E-state index contributed by atoms with van der Waals surface area (Å²) in [5.41, 5.74) is 6.90. The molecule has 2 aromatic rings. The van der Waals surface area contributed by atoms with Crippen LogP contribution in [0.25, 0.3) is 11.1 Å². The molecule has 1 saturated heterocycles. The average molecular weight is 463 g/mol. The van der Waals surface area contributed by atoms with Gasteiger partial charge in [-0.15, -0.1) is 0 Å². The van der Waals surface area contributed by atoms with Gasteiger partial charge in [0.05, 0.1) is 6.42 Å². The molecule has 1 heterocycles. The Morgan fingerprint density at radius 3 is 2.32 bits per heavy atom. The number of benzene rings is 2. The first-order valence-corrected chi connectivity index (χ1v) is 11.4. The van der Waals surface area contributed by atoms with Gasteiger partial charge in [0.25, 0.3) is 0 Å². The van der Waals surface area contributed by atoms with E-state index >= 15 is 0 Å². The fourth-order valence-corrected chi connectivity index (χ4v) is 5.27. The molecule has 3 unspecified atom stereocenters. The molecule has 34 heavy (non-hydrogen) atoms. The number of fused-ring (bicyclic) bond motifs is 3. The van der Waals surface area contributed by atoms with Crippen LogP contribution in [0.3, 0.4) is 0 Å². The minimum absolute atomic E-state index is 0.0391. The van der Waals surface area contributed by atoms with Crippen molar-refractivity contribution in [2.45, 2.75) is 43.7 Å². The van der Waals surface area contributed by atoms with Crippen molar-refractivity contribution in [1.82, 2.24) is 15.8 Å². The van der Waals surface area contributed by atoms with Gasteiger partial charge in [0, 0.05) is 17.9 Å². The first-order valence-electron chi connectivity index (χ1n) is 11.4. The van der Waals surface area contributed by atoms with Crippen molar-refractivity contribution in [3.8, 4) is 11.1 Å². The largest absolute Gasteiger partial charge is 0.480 e. The molecule has 176 valence electrons. The maximum Gasteiger partial charge on any atom is 0.407 e. The first-order chi connectivity index (χ1) is 16.4. The highest BCUT2D eigenvalue weighted by Crippen LogP contribution is 2.44. The number of carboxylic acids is 1. The molecule has 0 radical (unpaired) electrons. The molecule has 0 aromatic heterocycles. The Kier molecular flexibility index (Phi) is 5.69. The Labute approximate surface area is 196 Å². The van der Waals surface area contributed by atoms with Crippen molar-refractivity contribution in [2.24, 2.45) is 5.92 Å². The maximum atomic E-state index is 12.8. The summed E-state index contributed by atoms with van der Waals surface area (Å²) in [5.74, 6) is -2.66. The van der Waals surface area contributed by atoms with Gasteiger partial charge in [-0.2, -0.15) is 0 Å². The van der Waals surface area contributed by atoms with E-state index in [1.54, 1.807) is 0 Å². The number of hydrazine groups is 1. The van der Waals surface area contributed by atoms with Crippen LogP contribution in [-0.2, 0) is 19.1 Å². The zero-order valence-corrected chi connectivity index (χ0v) is 18.4. The normalized spacial score (nSPS) is 23.2. The van der Waals surface area contributed by atoms with Gasteiger partial charge in [-0.1, -0.05) is 48.5 Å². The van der Waals surface area contributed by atoms with Crippen LogP contribution in [0.2, 0.25) is 0 Å². The summed E-state index contributed by atoms with van der Waals surface area (Å²) in [4.78, 5) is 48.3. The van der Waals surface area contributed by atoms with E-state index in [1.807, 2.05) is 24.3 Å². The van der Waals surface area contributed by atoms with Crippen LogP contribution in [0.4, 0.5) is 4.79 Å². The minimum Gasteiger partial charge on any atom is -0.480 e. The monoisotopic (exact) mass is 463 g/mol. The lowest BCUT2D eigenvalue weighted by Gasteiger charge is -2.23. The predicted molar refractivity (Wildman–Crippen MR) is 120 cm³/mol. The van der Waals surface area contributed by atoms with E-state index in [0.717, 1.165) is 27.3 Å². The number of nitrogens with zero attached hydrogens (tertiary/aromatic N) is 1. The number of hydrogen-bond donors (Lipinski definition) is 3. The predicted octanol–water partition coefficient (Wildman–Crippen LogP) is 2.41. The lowest BCUT2D eigenvalue weighted by Crippen LogP contribution is -2.49. The standard InChI is InChI=1S/C25H25N3O6/c29-22-12-21(24(31)32)28(27-22)23(30)14-9-10-15(11-14)26-25(33)34-13-20-18-7-3-1-5-16(18)17-6-2-4-8-19(17)20/h1-8,14-15,20-21H,9-13H2,(H,26,33)(H,27,29)(H,31,32). The lowest BCUT2D eigenvalue weighted by atomic mass is 9.98. The number of carbonyl (C=O) groups excluding carboxylic acids is 3. The van der Waals surface area contributed by atoms with Crippen molar-refractivity contribution in [3.63, 3.8) is 0 Å². The molecular weight excluding hydrogens is 438 g/mol. The highest BCUT2D eigenvalue weighted by Gasteiger charge is 2.43. The van der Waals surface area contributed by atoms with Gasteiger partial charge >= 0.3 is 12.1 Å². The summed E-state index contributed by atoms with van der Waals surface area (Å²) in [6.07, 6.45) is 0.626. The van der Waals surface area contributed by atoms with Crippen LogP contribution in [0.15, 0.2) is 48.5 Å². The Balaban J connectivity index is 1.16. The molecule has 1 saturated carbocycles. The van der Waals surface area contributed by atoms with E-state index in [-0.39, 0.29) is 25.0 Å². The third kappa shape index (κ3) is 3.98. The molecule has 2 fully saturated rings. The molecular formula is C25H25N3O6. The summed E-state index contributed by atoms with van der Waals surface area (Å²) in [5, 5.41) is 13.0. The molecule has 5 rings (SSSR count). The van der Waals surface area contributed by atoms with Gasteiger partial charge in [-0.25, -0.2) is 14.6 Å². The van der Waals surface area contributed by atoms with Gasteiger partial charge in [0.1, 0.15) is 6.61 Å². The van der Waals surface area contributed by atoms with Crippen molar-refractivity contribution in [3.05, 3.63) is 59.7 Å². The van der Waals surface area contributed by atoms with Crippen LogP contribution in [0.1, 0.15) is 42.7 Å². The van der Waals surface area contributed by atoms with Gasteiger partial charge in [0.2, 0.25) is 11.8 Å². The van der Waals surface area contributed by atoms with E-state index in [9.17, 15) is 24.3 Å². The van der Waals surface area contributed by atoms with E-state index < -0.39 is 35.8 Å². The van der Waals surface area contributed by atoms with Crippen LogP contribution < -0.4 is 10.7 Å². The van der Waals surface area contributed by atoms with Gasteiger partial charge in [0.15, 0.2) is 6.04 Å². The Morgan fingerprint density at radius 1 is 1.03 bits per heavy atom.